The number of aliphatic carboxylic acids is 1. The fourth-order valence-electron chi connectivity index (χ4n) is 3.74. The molecular formula is C16H30N4O4. The molecule has 0 saturated heterocycles. The molecule has 0 radical (unpaired) electrons. The lowest BCUT2D eigenvalue weighted by Crippen LogP contribution is -2.55. The molecule has 1 aliphatic rings. The highest BCUT2D eigenvalue weighted by Crippen LogP contribution is 2.43. The normalized spacial score (nSPS) is 27.6. The van der Waals surface area contributed by atoms with Gasteiger partial charge in [-0.25, -0.2) is 10.6 Å². The molecule has 4 atom stereocenters. The third kappa shape index (κ3) is 4.45. The number of rotatable bonds is 9. The van der Waals surface area contributed by atoms with Crippen LogP contribution >= 0.6 is 0 Å². The number of carbonyl (C=O) groups excluding carboxylic acids is 1. The number of nitrogens with one attached hydrogen (secondary N) is 2. The van der Waals surface area contributed by atoms with Crippen molar-refractivity contribution in [2.45, 2.75) is 70.1 Å². The topological polar surface area (TPSA) is 126 Å². The standard InChI is InChI=1S/C16H30N4O4/c1-5-7-15(3,24-4)13(20-11(2)21)12-6-8-16(9-12,14(22)23)18-10-19-17/h10,12-13H,5-9,17H2,1-4H3,(H,18,19)(H,20,21)(H,22,23). The first-order valence-corrected chi connectivity index (χ1v) is 8.30. The molecule has 1 fully saturated rings. The molecule has 24 heavy (non-hydrogen) atoms. The second-order valence-electron chi connectivity index (χ2n) is 6.71. The molecule has 4 unspecified atom stereocenters. The van der Waals surface area contributed by atoms with Gasteiger partial charge in [0.05, 0.1) is 18.0 Å². The number of nitrogens with two attached hydrogens (primary N) is 1. The predicted molar refractivity (Wildman–Crippen MR) is 91.4 cm³/mol. The third-order valence-electron chi connectivity index (χ3n) is 5.01. The number of ether oxygens (including phenoxy) is 1. The van der Waals surface area contributed by atoms with Gasteiger partial charge < -0.3 is 20.6 Å². The molecule has 0 aromatic heterocycles. The van der Waals surface area contributed by atoms with Gasteiger partial charge in [0.25, 0.3) is 0 Å². The summed E-state index contributed by atoms with van der Waals surface area (Å²) in [6.45, 7) is 5.48. The lowest BCUT2D eigenvalue weighted by molar-refractivity contribution is -0.143. The number of carboxylic acid groups (broad SMARTS) is 1. The summed E-state index contributed by atoms with van der Waals surface area (Å²) in [6, 6.07) is -0.276. The van der Waals surface area contributed by atoms with E-state index in [2.05, 4.69) is 22.7 Å². The maximum absolute atomic E-state index is 11.8. The molecule has 0 aromatic carbocycles. The van der Waals surface area contributed by atoms with Crippen LogP contribution in [0.3, 0.4) is 0 Å². The Hall–Kier alpha value is -1.67. The predicted octanol–water partition coefficient (Wildman–Crippen LogP) is 0.811. The summed E-state index contributed by atoms with van der Waals surface area (Å²) < 4.78 is 5.73. The van der Waals surface area contributed by atoms with Gasteiger partial charge >= 0.3 is 5.97 Å². The van der Waals surface area contributed by atoms with Gasteiger partial charge in [0, 0.05) is 14.0 Å². The van der Waals surface area contributed by atoms with Crippen LogP contribution in [0.2, 0.25) is 0 Å². The third-order valence-corrected chi connectivity index (χ3v) is 5.01. The Balaban J connectivity index is 3.10. The Bertz CT molecular complexity index is 485. The van der Waals surface area contributed by atoms with Gasteiger partial charge in [-0.2, -0.15) is 0 Å². The molecule has 0 heterocycles. The fraction of sp³-hybridized carbons (Fsp3) is 0.812. The van der Waals surface area contributed by atoms with E-state index in [1.807, 2.05) is 6.92 Å². The van der Waals surface area contributed by atoms with Gasteiger partial charge in [0.2, 0.25) is 5.91 Å². The van der Waals surface area contributed by atoms with Crippen LogP contribution in [-0.4, -0.2) is 47.6 Å². The van der Waals surface area contributed by atoms with Crippen LogP contribution in [0.1, 0.15) is 52.9 Å². The first-order valence-electron chi connectivity index (χ1n) is 8.30. The van der Waals surface area contributed by atoms with E-state index in [9.17, 15) is 14.7 Å². The highest BCUT2D eigenvalue weighted by molar-refractivity contribution is 5.81. The quantitative estimate of drug-likeness (QED) is 0.213. The van der Waals surface area contributed by atoms with Crippen molar-refractivity contribution in [3.8, 4) is 0 Å². The minimum atomic E-state index is -1.21. The Labute approximate surface area is 143 Å². The number of aliphatic imine (C=N–C) groups is 1. The number of amides is 1. The van der Waals surface area contributed by atoms with Gasteiger partial charge in [0.15, 0.2) is 5.54 Å². The van der Waals surface area contributed by atoms with Crippen LogP contribution in [0.25, 0.3) is 0 Å². The van der Waals surface area contributed by atoms with Gasteiger partial charge in [-0.05, 0) is 38.5 Å². The SMILES string of the molecule is CCCC(C)(OC)C(NC(C)=O)C1CCC(N=CNN)(C(=O)O)C1. The molecule has 0 spiro atoms. The van der Waals surface area contributed by atoms with Crippen molar-refractivity contribution in [1.29, 1.82) is 0 Å². The molecule has 0 aromatic rings. The summed E-state index contributed by atoms with van der Waals surface area (Å²) in [4.78, 5) is 27.6. The lowest BCUT2D eigenvalue weighted by Gasteiger charge is -2.40. The van der Waals surface area contributed by atoms with Crippen LogP contribution < -0.4 is 16.6 Å². The molecule has 0 aliphatic heterocycles. The van der Waals surface area contributed by atoms with Crippen molar-refractivity contribution < 1.29 is 19.4 Å². The van der Waals surface area contributed by atoms with E-state index in [1.165, 1.54) is 13.3 Å². The van der Waals surface area contributed by atoms with E-state index >= 15 is 0 Å². The summed E-state index contributed by atoms with van der Waals surface area (Å²) in [5.41, 5.74) is 0.489. The average Bonchev–Trinajstić information content (AvgIpc) is 2.96. The maximum atomic E-state index is 11.8. The Morgan fingerprint density at radius 1 is 1.58 bits per heavy atom. The summed E-state index contributed by atoms with van der Waals surface area (Å²) in [5, 5.41) is 12.6. The molecule has 1 rings (SSSR count). The number of carbonyl (C=O) groups is 2. The van der Waals surface area contributed by atoms with E-state index in [0.717, 1.165) is 12.8 Å². The molecule has 8 heteroatoms. The molecule has 8 nitrogen and oxygen atoms in total. The van der Waals surface area contributed by atoms with Gasteiger partial charge in [0.1, 0.15) is 0 Å². The summed E-state index contributed by atoms with van der Waals surface area (Å²) in [5.74, 6) is 4.01. The van der Waals surface area contributed by atoms with Crippen molar-refractivity contribution in [3.63, 3.8) is 0 Å². The smallest absolute Gasteiger partial charge is 0.331 e. The van der Waals surface area contributed by atoms with Crippen molar-refractivity contribution in [3.05, 3.63) is 0 Å². The van der Waals surface area contributed by atoms with Crippen LogP contribution in [0.5, 0.6) is 0 Å². The number of hydrazine groups is 1. The van der Waals surface area contributed by atoms with Crippen molar-refractivity contribution in [2.75, 3.05) is 7.11 Å². The summed E-state index contributed by atoms with van der Waals surface area (Å²) in [7, 11) is 1.63. The number of carboxylic acids is 1. The molecule has 138 valence electrons. The van der Waals surface area contributed by atoms with Crippen molar-refractivity contribution >= 4 is 18.2 Å². The van der Waals surface area contributed by atoms with E-state index in [1.54, 1.807) is 7.11 Å². The van der Waals surface area contributed by atoms with Crippen molar-refractivity contribution in [2.24, 2.45) is 16.8 Å². The summed E-state index contributed by atoms with van der Waals surface area (Å²) >= 11 is 0. The Kier molecular flexibility index (Phi) is 7.16. The fourth-order valence-corrected chi connectivity index (χ4v) is 3.74. The maximum Gasteiger partial charge on any atom is 0.331 e. The van der Waals surface area contributed by atoms with Crippen LogP contribution in [0.15, 0.2) is 4.99 Å². The molecule has 5 N–H and O–H groups in total. The van der Waals surface area contributed by atoms with Crippen LogP contribution in [-0.2, 0) is 14.3 Å². The van der Waals surface area contributed by atoms with E-state index in [0.29, 0.717) is 19.3 Å². The zero-order valence-electron chi connectivity index (χ0n) is 15.0. The molecular weight excluding hydrogens is 312 g/mol. The number of methoxy groups -OCH3 is 1. The van der Waals surface area contributed by atoms with E-state index in [-0.39, 0.29) is 17.9 Å². The number of nitrogens with zero attached hydrogens (tertiary/aromatic N) is 1. The van der Waals surface area contributed by atoms with Crippen LogP contribution in [0, 0.1) is 5.92 Å². The monoisotopic (exact) mass is 342 g/mol. The van der Waals surface area contributed by atoms with Gasteiger partial charge in [-0.1, -0.05) is 13.3 Å². The van der Waals surface area contributed by atoms with Crippen molar-refractivity contribution in [1.82, 2.24) is 10.7 Å². The molecule has 0 bridgehead atoms. The van der Waals surface area contributed by atoms with E-state index < -0.39 is 17.1 Å². The zero-order valence-corrected chi connectivity index (χ0v) is 15.0. The van der Waals surface area contributed by atoms with Crippen LogP contribution in [0.4, 0.5) is 0 Å². The van der Waals surface area contributed by atoms with E-state index in [4.69, 9.17) is 10.6 Å². The minimum Gasteiger partial charge on any atom is -0.479 e. The highest BCUT2D eigenvalue weighted by atomic mass is 16.5. The lowest BCUT2D eigenvalue weighted by atomic mass is 9.80. The minimum absolute atomic E-state index is 0.0450. The molecule has 1 saturated carbocycles. The molecule has 1 aliphatic carbocycles. The average molecular weight is 342 g/mol. The van der Waals surface area contributed by atoms with Gasteiger partial charge in [-0.15, -0.1) is 0 Å². The largest absolute Gasteiger partial charge is 0.479 e. The highest BCUT2D eigenvalue weighted by Gasteiger charge is 2.51. The first-order chi connectivity index (χ1) is 11.2. The Morgan fingerprint density at radius 2 is 2.25 bits per heavy atom. The van der Waals surface area contributed by atoms with Gasteiger partial charge in [-0.3, -0.25) is 9.79 Å². The Morgan fingerprint density at radius 3 is 2.71 bits per heavy atom. The first kappa shape index (κ1) is 20.4. The molecule has 1 amide bonds. The second-order valence-corrected chi connectivity index (χ2v) is 6.71. The number of hydrogen-bond acceptors (Lipinski definition) is 5. The zero-order chi connectivity index (χ0) is 18.4. The summed E-state index contributed by atoms with van der Waals surface area (Å²) in [6.07, 6.45) is 4.24. The second kappa shape index (κ2) is 8.43. The number of hydrogen-bond donors (Lipinski definition) is 4.